The van der Waals surface area contributed by atoms with Crippen molar-refractivity contribution in [2.24, 2.45) is 0 Å². The van der Waals surface area contributed by atoms with Crippen molar-refractivity contribution >= 4 is 50.6 Å². The van der Waals surface area contributed by atoms with Crippen LogP contribution >= 0.6 is 11.8 Å². The van der Waals surface area contributed by atoms with Gasteiger partial charge in [0.2, 0.25) is 0 Å². The first kappa shape index (κ1) is 33.1. The number of rotatable bonds is 5. The second kappa shape index (κ2) is 13.0. The van der Waals surface area contributed by atoms with Gasteiger partial charge in [-0.1, -0.05) is 163 Å². The second-order valence-electron chi connectivity index (χ2n) is 15.3. The molecule has 1 aromatic heterocycles. The Morgan fingerprint density at radius 3 is 1.67 bits per heavy atom. The molecule has 2 nitrogen and oxygen atoms in total. The van der Waals surface area contributed by atoms with Crippen molar-refractivity contribution < 1.29 is 0 Å². The highest BCUT2D eigenvalue weighted by Gasteiger charge is 2.49. The van der Waals surface area contributed by atoms with Crippen molar-refractivity contribution in [2.45, 2.75) is 15.2 Å². The molecule has 10 aromatic rings. The van der Waals surface area contributed by atoms with Crippen molar-refractivity contribution in [1.82, 2.24) is 4.57 Å². The van der Waals surface area contributed by atoms with Crippen molar-refractivity contribution in [3.05, 3.63) is 241 Å². The van der Waals surface area contributed by atoms with Gasteiger partial charge >= 0.3 is 0 Å². The molecule has 0 bridgehead atoms. The van der Waals surface area contributed by atoms with Crippen LogP contribution in [0.2, 0.25) is 0 Å². The molecule has 1 spiro atoms. The van der Waals surface area contributed by atoms with Gasteiger partial charge in [0.25, 0.3) is 0 Å². The molecule has 0 amide bonds. The molecule has 58 heavy (non-hydrogen) atoms. The summed E-state index contributed by atoms with van der Waals surface area (Å²) in [5.74, 6) is 0. The third kappa shape index (κ3) is 4.81. The summed E-state index contributed by atoms with van der Waals surface area (Å²) < 4.78 is 2.51. The maximum absolute atomic E-state index is 2.51. The van der Waals surface area contributed by atoms with Crippen LogP contribution < -0.4 is 4.90 Å². The van der Waals surface area contributed by atoms with Crippen molar-refractivity contribution in [3.63, 3.8) is 0 Å². The minimum absolute atomic E-state index is 0.510. The average Bonchev–Trinajstić information content (AvgIpc) is 3.64. The quantitative estimate of drug-likeness (QED) is 0.173. The fourth-order valence-corrected chi connectivity index (χ4v) is 10.9. The Bertz CT molecular complexity index is 3180. The van der Waals surface area contributed by atoms with Gasteiger partial charge in [0.05, 0.1) is 22.1 Å². The average molecular weight is 757 g/mol. The van der Waals surface area contributed by atoms with E-state index in [1.807, 2.05) is 11.8 Å². The Labute approximate surface area is 342 Å². The number of anilines is 3. The lowest BCUT2D eigenvalue weighted by atomic mass is 9.62. The maximum Gasteiger partial charge on any atom is 0.0764 e. The number of nitrogens with zero attached hydrogens (tertiary/aromatic N) is 2. The van der Waals surface area contributed by atoms with Crippen LogP contribution in [0, 0.1) is 0 Å². The van der Waals surface area contributed by atoms with E-state index in [4.69, 9.17) is 0 Å². The fraction of sp³-hybridized carbons (Fsp3) is 0.0182. The molecule has 2 aliphatic heterocycles. The minimum Gasteiger partial charge on any atom is -0.311 e. The molecule has 0 fully saturated rings. The predicted molar refractivity (Wildman–Crippen MR) is 242 cm³/mol. The topological polar surface area (TPSA) is 8.17 Å². The molecule has 9 aromatic carbocycles. The monoisotopic (exact) mass is 756 g/mol. The molecule has 0 saturated carbocycles. The van der Waals surface area contributed by atoms with E-state index in [-0.39, 0.29) is 0 Å². The Balaban J connectivity index is 1.02. The van der Waals surface area contributed by atoms with E-state index in [2.05, 4.69) is 228 Å². The molecule has 2 aliphatic rings. The van der Waals surface area contributed by atoms with E-state index in [1.165, 1.54) is 81.8 Å². The van der Waals surface area contributed by atoms with Gasteiger partial charge in [0.1, 0.15) is 0 Å². The number of benzene rings is 9. The fourth-order valence-electron chi connectivity index (χ4n) is 9.76. The molecule has 1 atom stereocenters. The van der Waals surface area contributed by atoms with Crippen LogP contribution in [0.5, 0.6) is 0 Å². The number of para-hydroxylation sites is 4. The lowest BCUT2D eigenvalue weighted by Crippen LogP contribution is -2.37. The van der Waals surface area contributed by atoms with E-state index in [0.717, 1.165) is 17.1 Å². The second-order valence-corrected chi connectivity index (χ2v) is 16.3. The highest BCUT2D eigenvalue weighted by Crippen LogP contribution is 2.60. The first-order valence-electron chi connectivity index (χ1n) is 19.9. The van der Waals surface area contributed by atoms with Crippen LogP contribution in [0.1, 0.15) is 22.3 Å². The van der Waals surface area contributed by atoms with E-state index >= 15 is 0 Å². The summed E-state index contributed by atoms with van der Waals surface area (Å²) >= 11 is 1.89. The Kier molecular flexibility index (Phi) is 7.41. The van der Waals surface area contributed by atoms with E-state index in [0.29, 0.717) is 0 Å². The Morgan fingerprint density at radius 1 is 0.362 bits per heavy atom. The highest BCUT2D eigenvalue weighted by atomic mass is 32.2. The Morgan fingerprint density at radius 2 is 0.897 bits per heavy atom. The summed E-state index contributed by atoms with van der Waals surface area (Å²) in [4.78, 5) is 4.94. The molecule has 0 saturated heterocycles. The summed E-state index contributed by atoms with van der Waals surface area (Å²) in [7, 11) is 0. The first-order chi connectivity index (χ1) is 28.8. The zero-order valence-corrected chi connectivity index (χ0v) is 32.4. The number of hydrogen-bond acceptors (Lipinski definition) is 2. The van der Waals surface area contributed by atoms with Gasteiger partial charge in [0.15, 0.2) is 0 Å². The summed E-state index contributed by atoms with van der Waals surface area (Å²) in [5.41, 5.74) is 16.8. The van der Waals surface area contributed by atoms with E-state index in [9.17, 15) is 0 Å². The van der Waals surface area contributed by atoms with Crippen molar-refractivity contribution in [3.8, 4) is 27.9 Å². The van der Waals surface area contributed by atoms with Gasteiger partial charge in [-0.2, -0.15) is 0 Å². The van der Waals surface area contributed by atoms with Gasteiger partial charge in [-0.05, 0) is 111 Å². The molecule has 0 N–H and O–H groups in total. The normalized spacial score (nSPS) is 14.9. The molecular weight excluding hydrogens is 721 g/mol. The van der Waals surface area contributed by atoms with Crippen molar-refractivity contribution in [2.75, 3.05) is 4.90 Å². The lowest BCUT2D eigenvalue weighted by Gasteiger charge is -2.45. The zero-order valence-electron chi connectivity index (χ0n) is 31.6. The van der Waals surface area contributed by atoms with Crippen LogP contribution in [0.3, 0.4) is 0 Å². The van der Waals surface area contributed by atoms with Gasteiger partial charge < -0.3 is 9.47 Å². The van der Waals surface area contributed by atoms with Gasteiger partial charge in [-0.25, -0.2) is 0 Å². The van der Waals surface area contributed by atoms with Gasteiger partial charge in [0, 0.05) is 37.6 Å². The summed E-state index contributed by atoms with van der Waals surface area (Å²) in [6, 6.07) is 80.4. The van der Waals surface area contributed by atoms with Crippen LogP contribution in [-0.2, 0) is 5.41 Å². The number of hydrogen-bond donors (Lipinski definition) is 0. The van der Waals surface area contributed by atoms with Gasteiger partial charge in [-0.15, -0.1) is 0 Å². The SMILES string of the molecule is c1ccc(-c2ccc(N(c3ccccc3)c3ccc(-c4ccc5c(c4)C4(c6ccccc6S5)c5ccccc5-n5c6ccccc6c6cccc4c65)cc3)cc2)cc1. The maximum atomic E-state index is 2.51. The zero-order chi connectivity index (χ0) is 38.2. The van der Waals surface area contributed by atoms with E-state index in [1.54, 1.807) is 0 Å². The highest BCUT2D eigenvalue weighted by molar-refractivity contribution is 7.99. The molecule has 3 heteroatoms. The van der Waals surface area contributed by atoms with Crippen molar-refractivity contribution in [1.29, 1.82) is 0 Å². The van der Waals surface area contributed by atoms with Crippen LogP contribution in [-0.4, -0.2) is 4.57 Å². The molecule has 3 heterocycles. The Hall–Kier alpha value is -7.07. The minimum atomic E-state index is -0.510. The summed E-state index contributed by atoms with van der Waals surface area (Å²) in [6.45, 7) is 0. The third-order valence-electron chi connectivity index (χ3n) is 12.2. The molecule has 272 valence electrons. The van der Waals surface area contributed by atoms with Crippen LogP contribution in [0.25, 0.3) is 49.7 Å². The van der Waals surface area contributed by atoms with E-state index < -0.39 is 5.41 Å². The number of aromatic nitrogens is 1. The number of fused-ring (bicyclic) bond motifs is 11. The largest absolute Gasteiger partial charge is 0.311 e. The summed E-state index contributed by atoms with van der Waals surface area (Å²) in [6.07, 6.45) is 0. The van der Waals surface area contributed by atoms with Crippen LogP contribution in [0.15, 0.2) is 228 Å². The standard InChI is InChI=1S/C55H36N2S/c1-3-14-37(15-4-1)38-26-31-42(32-27-38)56(41-16-5-2-6-17-41)43-33-28-39(29-34-43)40-30-35-53-49(36-40)55(47-21-9-12-25-52(47)58-53)46-20-8-11-24-51(46)57-50-23-10-7-18-44(50)45-19-13-22-48(55)54(45)57/h1-36H. The van der Waals surface area contributed by atoms with Crippen LogP contribution in [0.4, 0.5) is 17.1 Å². The van der Waals surface area contributed by atoms with Gasteiger partial charge in [-0.3, -0.25) is 0 Å². The molecule has 0 radical (unpaired) electrons. The molecule has 1 unspecified atom stereocenters. The summed E-state index contributed by atoms with van der Waals surface area (Å²) in [5, 5.41) is 2.58. The molecular formula is C55H36N2S. The molecule has 0 aliphatic carbocycles. The first-order valence-corrected chi connectivity index (χ1v) is 20.7. The third-order valence-corrected chi connectivity index (χ3v) is 13.4. The molecule has 12 rings (SSSR count). The smallest absolute Gasteiger partial charge is 0.0764 e. The lowest BCUT2D eigenvalue weighted by molar-refractivity contribution is 0.690. The predicted octanol–water partition coefficient (Wildman–Crippen LogP) is 14.7.